The highest BCUT2D eigenvalue weighted by Crippen LogP contribution is 2.02. The molecule has 2 rings (SSSR count). The van der Waals surface area contributed by atoms with Gasteiger partial charge in [0.1, 0.15) is 5.82 Å². The van der Waals surface area contributed by atoms with E-state index in [9.17, 15) is 9.59 Å². The minimum Gasteiger partial charge on any atom is -0.369 e. The van der Waals surface area contributed by atoms with Crippen molar-refractivity contribution < 1.29 is 4.79 Å². The lowest BCUT2D eigenvalue weighted by Gasteiger charge is -2.04. The minimum absolute atomic E-state index is 0.139. The smallest absolute Gasteiger partial charge is 0.304 e. The summed E-state index contributed by atoms with van der Waals surface area (Å²) < 4.78 is 0. The Morgan fingerprint density at radius 2 is 2.25 bits per heavy atom. The minimum atomic E-state index is -0.327. The summed E-state index contributed by atoms with van der Waals surface area (Å²) in [5.74, 6) is 0.317. The number of aromatic amines is 1. The Labute approximate surface area is 119 Å². The van der Waals surface area contributed by atoms with Crippen molar-refractivity contribution >= 4 is 23.1 Å². The van der Waals surface area contributed by atoms with Gasteiger partial charge in [0, 0.05) is 17.6 Å². The van der Waals surface area contributed by atoms with Gasteiger partial charge in [-0.05, 0) is 18.6 Å². The topological polar surface area (TPSA) is 99.8 Å². The molecular formula is C12H15N5O2S. The van der Waals surface area contributed by atoms with Gasteiger partial charge >= 0.3 is 4.87 Å². The van der Waals surface area contributed by atoms with Crippen molar-refractivity contribution in [2.24, 2.45) is 0 Å². The second-order valence-electron chi connectivity index (χ2n) is 4.09. The molecule has 2 heterocycles. The maximum Gasteiger partial charge on any atom is 0.304 e. The fourth-order valence-corrected chi connectivity index (χ4v) is 2.05. The summed E-state index contributed by atoms with van der Waals surface area (Å²) >= 11 is 1.06. The summed E-state index contributed by atoms with van der Waals surface area (Å²) in [5.41, 5.74) is 0.909. The first kappa shape index (κ1) is 14.2. The summed E-state index contributed by atoms with van der Waals surface area (Å²) in [5, 5.41) is 15.2. The van der Waals surface area contributed by atoms with E-state index < -0.39 is 0 Å². The van der Waals surface area contributed by atoms with Crippen LogP contribution >= 0.6 is 11.3 Å². The highest BCUT2D eigenvalue weighted by atomic mass is 32.1. The number of H-pyrrole nitrogens is 1. The maximum absolute atomic E-state index is 11.8. The molecule has 8 heteroatoms. The van der Waals surface area contributed by atoms with Gasteiger partial charge in [0.25, 0.3) is 5.91 Å². The van der Waals surface area contributed by atoms with Crippen LogP contribution in [-0.4, -0.2) is 27.6 Å². The highest BCUT2D eigenvalue weighted by Gasteiger charge is 2.08. The zero-order valence-electron chi connectivity index (χ0n) is 11.0. The number of hydrogen-bond donors (Lipinski definition) is 3. The van der Waals surface area contributed by atoms with Crippen molar-refractivity contribution in [3.8, 4) is 0 Å². The molecule has 2 aromatic heterocycles. The van der Waals surface area contributed by atoms with Gasteiger partial charge in [0.15, 0.2) is 5.69 Å². The van der Waals surface area contributed by atoms with Crippen LogP contribution < -0.4 is 15.5 Å². The molecule has 0 saturated heterocycles. The van der Waals surface area contributed by atoms with Gasteiger partial charge in [0.2, 0.25) is 0 Å². The lowest BCUT2D eigenvalue weighted by Crippen LogP contribution is -2.24. The molecule has 3 N–H and O–H groups in total. The standard InChI is InChI=1S/C12H15N5O2S/c1-2-5-13-10-4-3-9(16-17-10)11(18)14-6-8-7-20-12(19)15-8/h3-4,7H,2,5-6H2,1H3,(H,13,17)(H,14,18)(H,15,19). The first-order valence-electron chi connectivity index (χ1n) is 6.21. The molecule has 0 aliphatic heterocycles. The lowest BCUT2D eigenvalue weighted by molar-refractivity contribution is 0.0944. The van der Waals surface area contributed by atoms with Crippen LogP contribution in [0.3, 0.4) is 0 Å². The summed E-state index contributed by atoms with van der Waals surface area (Å²) in [6.07, 6.45) is 0.989. The predicted molar refractivity (Wildman–Crippen MR) is 76.9 cm³/mol. The van der Waals surface area contributed by atoms with Gasteiger partial charge in [-0.1, -0.05) is 18.3 Å². The molecule has 0 atom stereocenters. The van der Waals surface area contributed by atoms with E-state index in [2.05, 4.69) is 32.7 Å². The van der Waals surface area contributed by atoms with Gasteiger partial charge in [-0.3, -0.25) is 9.59 Å². The molecule has 0 fully saturated rings. The number of carbonyl (C=O) groups is 1. The van der Waals surface area contributed by atoms with E-state index in [1.165, 1.54) is 0 Å². The third kappa shape index (κ3) is 3.89. The first-order valence-corrected chi connectivity index (χ1v) is 7.09. The maximum atomic E-state index is 11.8. The molecule has 0 bridgehead atoms. The third-order valence-corrected chi connectivity index (χ3v) is 3.18. The molecule has 0 aliphatic carbocycles. The van der Waals surface area contributed by atoms with Crippen LogP contribution in [0, 0.1) is 0 Å². The lowest BCUT2D eigenvalue weighted by atomic mass is 10.3. The van der Waals surface area contributed by atoms with Crippen LogP contribution in [-0.2, 0) is 6.54 Å². The molecule has 106 valence electrons. The van der Waals surface area contributed by atoms with E-state index in [0.29, 0.717) is 11.5 Å². The Hall–Kier alpha value is -2.22. The second-order valence-corrected chi connectivity index (χ2v) is 4.93. The number of carbonyl (C=O) groups excluding carboxylic acids is 1. The number of amides is 1. The van der Waals surface area contributed by atoms with Crippen LogP contribution in [0.4, 0.5) is 5.82 Å². The molecule has 20 heavy (non-hydrogen) atoms. The van der Waals surface area contributed by atoms with Gasteiger partial charge in [-0.25, -0.2) is 0 Å². The molecule has 0 aromatic carbocycles. The van der Waals surface area contributed by atoms with Crippen LogP contribution in [0.5, 0.6) is 0 Å². The molecule has 0 radical (unpaired) electrons. The van der Waals surface area contributed by atoms with E-state index in [1.54, 1.807) is 17.5 Å². The zero-order valence-corrected chi connectivity index (χ0v) is 11.8. The van der Waals surface area contributed by atoms with Crippen LogP contribution in [0.15, 0.2) is 22.3 Å². The monoisotopic (exact) mass is 293 g/mol. The number of rotatable bonds is 6. The molecule has 7 nitrogen and oxygen atoms in total. The average molecular weight is 293 g/mol. The highest BCUT2D eigenvalue weighted by molar-refractivity contribution is 7.07. The molecule has 0 saturated carbocycles. The molecular weight excluding hydrogens is 278 g/mol. The Morgan fingerprint density at radius 1 is 1.40 bits per heavy atom. The predicted octanol–water partition coefficient (Wildman–Crippen LogP) is 0.978. The Morgan fingerprint density at radius 3 is 2.85 bits per heavy atom. The van der Waals surface area contributed by atoms with E-state index in [4.69, 9.17) is 0 Å². The molecule has 0 aliphatic rings. The third-order valence-electron chi connectivity index (χ3n) is 2.46. The number of nitrogens with one attached hydrogen (secondary N) is 3. The number of aromatic nitrogens is 3. The van der Waals surface area contributed by atoms with Crippen molar-refractivity contribution in [3.63, 3.8) is 0 Å². The second kappa shape index (κ2) is 6.80. The van der Waals surface area contributed by atoms with Crippen molar-refractivity contribution in [3.05, 3.63) is 38.6 Å². The normalized spacial score (nSPS) is 10.2. The Kier molecular flexibility index (Phi) is 4.83. The molecule has 1 amide bonds. The van der Waals surface area contributed by atoms with Gasteiger partial charge in [-0.2, -0.15) is 0 Å². The quantitative estimate of drug-likeness (QED) is 0.737. The molecule has 0 spiro atoms. The van der Waals surface area contributed by atoms with Gasteiger partial charge < -0.3 is 15.6 Å². The average Bonchev–Trinajstić information content (AvgIpc) is 2.89. The molecule has 0 unspecified atom stereocenters. The van der Waals surface area contributed by atoms with Gasteiger partial charge in [0.05, 0.1) is 6.54 Å². The largest absolute Gasteiger partial charge is 0.369 e. The number of thiazole rings is 1. The Bertz CT molecular complexity index is 619. The van der Waals surface area contributed by atoms with E-state index in [-0.39, 0.29) is 23.0 Å². The van der Waals surface area contributed by atoms with Crippen LogP contribution in [0.25, 0.3) is 0 Å². The van der Waals surface area contributed by atoms with E-state index in [0.717, 1.165) is 24.3 Å². The fourth-order valence-electron chi connectivity index (χ4n) is 1.47. The number of hydrogen-bond acceptors (Lipinski definition) is 6. The summed E-state index contributed by atoms with van der Waals surface area (Å²) in [7, 11) is 0. The van der Waals surface area contributed by atoms with Crippen molar-refractivity contribution in [2.75, 3.05) is 11.9 Å². The summed E-state index contributed by atoms with van der Waals surface area (Å²) in [6.45, 7) is 3.12. The fraction of sp³-hybridized carbons (Fsp3) is 0.333. The number of nitrogens with zero attached hydrogens (tertiary/aromatic N) is 2. The van der Waals surface area contributed by atoms with Crippen molar-refractivity contribution in [1.29, 1.82) is 0 Å². The summed E-state index contributed by atoms with van der Waals surface area (Å²) in [6, 6.07) is 3.32. The van der Waals surface area contributed by atoms with E-state index >= 15 is 0 Å². The van der Waals surface area contributed by atoms with E-state index in [1.807, 2.05) is 0 Å². The zero-order chi connectivity index (χ0) is 14.4. The number of anilines is 1. The SMILES string of the molecule is CCCNc1ccc(C(=O)NCc2csc(=O)[nH]2)nn1. The Balaban J connectivity index is 1.90. The first-order chi connectivity index (χ1) is 9.69. The van der Waals surface area contributed by atoms with Gasteiger partial charge in [-0.15, -0.1) is 10.2 Å². The summed E-state index contributed by atoms with van der Waals surface area (Å²) in [4.78, 5) is 25.3. The van der Waals surface area contributed by atoms with Crippen LogP contribution in [0.2, 0.25) is 0 Å². The van der Waals surface area contributed by atoms with Crippen molar-refractivity contribution in [2.45, 2.75) is 19.9 Å². The van der Waals surface area contributed by atoms with Crippen molar-refractivity contribution in [1.82, 2.24) is 20.5 Å². The van der Waals surface area contributed by atoms with Crippen LogP contribution in [0.1, 0.15) is 29.5 Å². The molecule has 2 aromatic rings.